The van der Waals surface area contributed by atoms with Crippen LogP contribution < -0.4 is 4.72 Å². The highest BCUT2D eigenvalue weighted by Gasteiger charge is 2.21. The van der Waals surface area contributed by atoms with Crippen molar-refractivity contribution >= 4 is 21.6 Å². The van der Waals surface area contributed by atoms with Gasteiger partial charge in [-0.25, -0.2) is 17.5 Å². The van der Waals surface area contributed by atoms with Gasteiger partial charge in [0, 0.05) is 30.8 Å². The van der Waals surface area contributed by atoms with E-state index >= 15 is 0 Å². The van der Waals surface area contributed by atoms with Gasteiger partial charge in [0.15, 0.2) is 0 Å². The van der Waals surface area contributed by atoms with E-state index in [1.807, 2.05) is 0 Å². The molecule has 0 spiro atoms. The predicted octanol–water partition coefficient (Wildman–Crippen LogP) is 2.07. The highest BCUT2D eigenvalue weighted by molar-refractivity contribution is 7.89. The maximum atomic E-state index is 14.0. The molecular weight excluding hydrogens is 321 g/mol. The molecule has 120 valence electrons. The number of unbranched alkanes of at least 4 members (excludes halogenated alkanes) is 2. The van der Waals surface area contributed by atoms with Crippen molar-refractivity contribution in [3.05, 3.63) is 28.5 Å². The topological polar surface area (TPSA) is 75.6 Å². The van der Waals surface area contributed by atoms with Gasteiger partial charge in [-0.1, -0.05) is 11.6 Å². The van der Waals surface area contributed by atoms with E-state index in [0.29, 0.717) is 13.0 Å². The van der Waals surface area contributed by atoms with Crippen LogP contribution in [0, 0.1) is 5.82 Å². The van der Waals surface area contributed by atoms with Crippen molar-refractivity contribution in [1.82, 2.24) is 4.72 Å². The van der Waals surface area contributed by atoms with Crippen LogP contribution in [-0.4, -0.2) is 33.8 Å². The molecule has 0 saturated heterocycles. The van der Waals surface area contributed by atoms with Crippen LogP contribution in [0.1, 0.15) is 24.8 Å². The average molecular weight is 340 g/mol. The first-order valence-corrected chi connectivity index (χ1v) is 8.36. The molecule has 2 N–H and O–H groups in total. The van der Waals surface area contributed by atoms with Gasteiger partial charge in [-0.15, -0.1) is 0 Å². The van der Waals surface area contributed by atoms with Gasteiger partial charge < -0.3 is 9.84 Å². The van der Waals surface area contributed by atoms with Gasteiger partial charge in [0.25, 0.3) is 0 Å². The molecule has 0 aliphatic heterocycles. The standard InChI is InChI=1S/C13H19ClFNO4S/c1-20-6-4-2-3-5-16-21(18,19)12-8-11(14)7-10(9-17)13(12)15/h7-8,16-17H,2-6,9H2,1H3. The number of hydrogen-bond donors (Lipinski definition) is 2. The molecule has 0 aromatic heterocycles. The van der Waals surface area contributed by atoms with Crippen LogP contribution in [0.25, 0.3) is 0 Å². The van der Waals surface area contributed by atoms with Crippen LogP contribution in [0.15, 0.2) is 17.0 Å². The minimum absolute atomic E-state index is 0.0564. The highest BCUT2D eigenvalue weighted by Crippen LogP contribution is 2.23. The van der Waals surface area contributed by atoms with Gasteiger partial charge >= 0.3 is 0 Å². The predicted molar refractivity (Wildman–Crippen MR) is 78.2 cm³/mol. The zero-order valence-electron chi connectivity index (χ0n) is 11.7. The van der Waals surface area contributed by atoms with Crippen LogP contribution >= 0.6 is 11.6 Å². The third-order valence-corrected chi connectivity index (χ3v) is 4.54. The van der Waals surface area contributed by atoms with Crippen molar-refractivity contribution in [3.8, 4) is 0 Å². The fourth-order valence-corrected chi connectivity index (χ4v) is 3.28. The highest BCUT2D eigenvalue weighted by atomic mass is 35.5. The largest absolute Gasteiger partial charge is 0.392 e. The van der Waals surface area contributed by atoms with E-state index < -0.39 is 27.3 Å². The Balaban J connectivity index is 2.72. The summed E-state index contributed by atoms with van der Waals surface area (Å²) in [5.74, 6) is -0.978. The number of halogens is 2. The molecule has 0 heterocycles. The quantitative estimate of drug-likeness (QED) is 0.675. The number of aliphatic hydroxyl groups is 1. The number of methoxy groups -OCH3 is 1. The van der Waals surface area contributed by atoms with Crippen molar-refractivity contribution < 1.29 is 22.7 Å². The summed E-state index contributed by atoms with van der Waals surface area (Å²) >= 11 is 5.74. The van der Waals surface area contributed by atoms with Gasteiger partial charge in [0.2, 0.25) is 10.0 Å². The van der Waals surface area contributed by atoms with Crippen molar-refractivity contribution in [2.75, 3.05) is 20.3 Å². The van der Waals surface area contributed by atoms with Crippen LogP contribution in [0.2, 0.25) is 5.02 Å². The van der Waals surface area contributed by atoms with Gasteiger partial charge in [-0.05, 0) is 31.4 Å². The van der Waals surface area contributed by atoms with Crippen LogP contribution in [0.3, 0.4) is 0 Å². The number of aliphatic hydroxyl groups excluding tert-OH is 1. The van der Waals surface area contributed by atoms with Crippen LogP contribution in [0.5, 0.6) is 0 Å². The summed E-state index contributed by atoms with van der Waals surface area (Å²) in [6.45, 7) is 0.202. The summed E-state index contributed by atoms with van der Waals surface area (Å²) in [5, 5.41) is 9.06. The van der Waals surface area contributed by atoms with E-state index in [1.165, 1.54) is 6.07 Å². The van der Waals surface area contributed by atoms with Crippen molar-refractivity contribution in [2.24, 2.45) is 0 Å². The second-order valence-electron chi connectivity index (χ2n) is 4.49. The Morgan fingerprint density at radius 3 is 2.67 bits per heavy atom. The summed E-state index contributed by atoms with van der Waals surface area (Å²) in [5.41, 5.74) is -0.150. The first-order valence-electron chi connectivity index (χ1n) is 6.49. The number of ether oxygens (including phenoxy) is 1. The lowest BCUT2D eigenvalue weighted by atomic mass is 10.2. The summed E-state index contributed by atoms with van der Waals surface area (Å²) in [6, 6.07) is 2.23. The molecule has 0 atom stereocenters. The van der Waals surface area contributed by atoms with Crippen molar-refractivity contribution in [2.45, 2.75) is 30.8 Å². The van der Waals surface area contributed by atoms with Crippen molar-refractivity contribution in [1.29, 1.82) is 0 Å². The Kier molecular flexibility index (Phi) is 7.55. The molecule has 0 aliphatic rings. The minimum Gasteiger partial charge on any atom is -0.392 e. The molecule has 0 amide bonds. The fraction of sp³-hybridized carbons (Fsp3) is 0.538. The summed E-state index contributed by atoms with van der Waals surface area (Å²) in [7, 11) is -2.39. The molecule has 0 bridgehead atoms. The summed E-state index contributed by atoms with van der Waals surface area (Å²) in [4.78, 5) is -0.545. The second kappa shape index (κ2) is 8.65. The molecule has 0 saturated carbocycles. The van der Waals surface area contributed by atoms with E-state index in [2.05, 4.69) is 4.72 Å². The Labute approximate surface area is 129 Å². The normalized spacial score (nSPS) is 11.8. The maximum Gasteiger partial charge on any atom is 0.243 e. The van der Waals surface area contributed by atoms with Gasteiger partial charge in [0.05, 0.1) is 6.61 Å². The smallest absolute Gasteiger partial charge is 0.243 e. The maximum absolute atomic E-state index is 14.0. The molecule has 1 aromatic rings. The number of benzene rings is 1. The first kappa shape index (κ1) is 18.3. The first-order chi connectivity index (χ1) is 9.92. The minimum atomic E-state index is -3.99. The van der Waals surface area contributed by atoms with Gasteiger partial charge in [-0.3, -0.25) is 0 Å². The lowest BCUT2D eigenvalue weighted by molar-refractivity contribution is 0.192. The lowest BCUT2D eigenvalue weighted by Gasteiger charge is -2.10. The third kappa shape index (κ3) is 5.52. The molecule has 1 aromatic carbocycles. The van der Waals surface area contributed by atoms with E-state index in [-0.39, 0.29) is 17.1 Å². The second-order valence-corrected chi connectivity index (χ2v) is 6.66. The molecule has 0 unspecified atom stereocenters. The van der Waals surface area contributed by atoms with Gasteiger partial charge in [-0.2, -0.15) is 0 Å². The zero-order valence-corrected chi connectivity index (χ0v) is 13.3. The summed E-state index contributed by atoms with van der Waals surface area (Å²) < 4.78 is 45.3. The average Bonchev–Trinajstić information content (AvgIpc) is 2.44. The molecule has 1 rings (SSSR count). The molecule has 0 aliphatic carbocycles. The molecule has 21 heavy (non-hydrogen) atoms. The molecule has 5 nitrogen and oxygen atoms in total. The fourth-order valence-electron chi connectivity index (χ4n) is 1.76. The number of rotatable bonds is 9. The number of hydrogen-bond acceptors (Lipinski definition) is 4. The molecular formula is C13H19ClFNO4S. The Morgan fingerprint density at radius 2 is 2.05 bits per heavy atom. The Hall–Kier alpha value is -0.730. The summed E-state index contributed by atoms with van der Waals surface area (Å²) in [6.07, 6.45) is 2.26. The van der Waals surface area contributed by atoms with Crippen LogP contribution in [0.4, 0.5) is 4.39 Å². The number of sulfonamides is 1. The van der Waals surface area contributed by atoms with Crippen LogP contribution in [-0.2, 0) is 21.4 Å². The number of nitrogens with one attached hydrogen (secondary N) is 1. The van der Waals surface area contributed by atoms with E-state index in [9.17, 15) is 12.8 Å². The SMILES string of the molecule is COCCCCCNS(=O)(=O)c1cc(Cl)cc(CO)c1F. The Bertz CT molecular complexity index is 566. The van der Waals surface area contributed by atoms with Crippen molar-refractivity contribution in [3.63, 3.8) is 0 Å². The molecule has 8 heteroatoms. The third-order valence-electron chi connectivity index (χ3n) is 2.86. The Morgan fingerprint density at radius 1 is 1.33 bits per heavy atom. The zero-order chi connectivity index (χ0) is 15.9. The molecule has 0 radical (unpaired) electrons. The van der Waals surface area contributed by atoms with Gasteiger partial charge in [0.1, 0.15) is 10.7 Å². The molecule has 0 fully saturated rings. The van der Waals surface area contributed by atoms with E-state index in [0.717, 1.165) is 18.9 Å². The van der Waals surface area contributed by atoms with E-state index in [1.54, 1.807) is 7.11 Å². The monoisotopic (exact) mass is 339 g/mol. The van der Waals surface area contributed by atoms with E-state index in [4.69, 9.17) is 21.4 Å². The lowest BCUT2D eigenvalue weighted by Crippen LogP contribution is -2.26.